The predicted molar refractivity (Wildman–Crippen MR) is 113 cm³/mol. The molecule has 0 saturated carbocycles. The topological polar surface area (TPSA) is 115 Å². The molecule has 146 valence electrons. The Morgan fingerprint density at radius 1 is 0.958 bits per heavy atom. The van der Waals surface area contributed by atoms with Crippen LogP contribution in [0.1, 0.15) is 48.5 Å². The van der Waals surface area contributed by atoms with Crippen molar-refractivity contribution in [1.29, 1.82) is 0 Å². The Bertz CT molecular complexity index is 324. The van der Waals surface area contributed by atoms with Crippen LogP contribution in [0.2, 0.25) is 0 Å². The highest BCUT2D eigenvalue weighted by atomic mass is 32.2. The van der Waals surface area contributed by atoms with Crippen molar-refractivity contribution < 1.29 is 14.4 Å². The van der Waals surface area contributed by atoms with Crippen molar-refractivity contribution in [2.24, 2.45) is 11.5 Å². The molecule has 0 aromatic carbocycles. The maximum Gasteiger partial charge on any atom is 0.217 e. The molecule has 5 N–H and O–H groups in total. The highest BCUT2D eigenvalue weighted by Crippen LogP contribution is 2.03. The van der Waals surface area contributed by atoms with Crippen LogP contribution in [-0.4, -0.2) is 45.8 Å². The van der Waals surface area contributed by atoms with E-state index in [4.69, 9.17) is 11.5 Å². The monoisotopic (exact) mass is 401 g/mol. The van der Waals surface area contributed by atoms with Gasteiger partial charge in [0.25, 0.3) is 0 Å². The second-order valence-corrected chi connectivity index (χ2v) is 7.45. The van der Waals surface area contributed by atoms with Gasteiger partial charge in [0.1, 0.15) is 5.78 Å². The lowest BCUT2D eigenvalue weighted by molar-refractivity contribution is -0.119. The van der Waals surface area contributed by atoms with Gasteiger partial charge in [0.15, 0.2) is 5.12 Å². The molecule has 9 heteroatoms. The van der Waals surface area contributed by atoms with Gasteiger partial charge in [-0.25, -0.2) is 0 Å². The molecule has 0 heterocycles. The molecule has 0 rings (SSSR count). The number of nitrogens with two attached hydrogens (primary N) is 2. The predicted octanol–water partition coefficient (Wildman–Crippen LogP) is 1.87. The average Bonchev–Trinajstić information content (AvgIpc) is 2.36. The normalized spacial score (nSPS) is 12.5. The number of amides is 1. The SMILES string of the molecule is CC(=O)NC(C)CS.CC(=O)SC(C)N.CC(C)=O.CC(N)CS. The molecule has 0 saturated heterocycles. The van der Waals surface area contributed by atoms with Crippen LogP contribution >= 0.6 is 37.0 Å². The van der Waals surface area contributed by atoms with Crippen molar-refractivity contribution in [3.63, 3.8) is 0 Å². The number of nitrogens with one attached hydrogen (secondary N) is 1. The maximum absolute atomic E-state index is 10.3. The zero-order chi connectivity index (χ0) is 20.3. The van der Waals surface area contributed by atoms with Crippen molar-refractivity contribution in [3.8, 4) is 0 Å². The van der Waals surface area contributed by atoms with Crippen LogP contribution in [0.15, 0.2) is 0 Å². The van der Waals surface area contributed by atoms with Gasteiger partial charge in [-0.1, -0.05) is 11.8 Å². The number of thiol groups is 2. The van der Waals surface area contributed by atoms with E-state index in [1.807, 2.05) is 13.8 Å². The number of ketones is 1. The molecule has 0 radical (unpaired) electrons. The fourth-order valence-electron chi connectivity index (χ4n) is 0.654. The maximum atomic E-state index is 10.3. The summed E-state index contributed by atoms with van der Waals surface area (Å²) in [6.45, 7) is 11.7. The van der Waals surface area contributed by atoms with Crippen LogP contribution in [0.4, 0.5) is 0 Å². The van der Waals surface area contributed by atoms with Crippen LogP contribution in [0.25, 0.3) is 0 Å². The van der Waals surface area contributed by atoms with Crippen molar-refractivity contribution in [3.05, 3.63) is 0 Å². The molecular weight excluding hydrogens is 366 g/mol. The second-order valence-electron chi connectivity index (χ2n) is 5.17. The van der Waals surface area contributed by atoms with Gasteiger partial charge in [-0.15, -0.1) is 0 Å². The molecule has 0 spiro atoms. The molecule has 0 bridgehead atoms. The summed E-state index contributed by atoms with van der Waals surface area (Å²) >= 11 is 9.01. The molecule has 3 atom stereocenters. The molecule has 1 amide bonds. The number of hydrogen-bond acceptors (Lipinski definition) is 8. The number of Topliss-reactive ketones (excluding diaryl/α,β-unsaturated/α-hetero) is 1. The van der Waals surface area contributed by atoms with Gasteiger partial charge >= 0.3 is 0 Å². The van der Waals surface area contributed by atoms with E-state index in [1.54, 1.807) is 6.92 Å². The van der Waals surface area contributed by atoms with E-state index in [9.17, 15) is 14.4 Å². The first-order valence-electron chi connectivity index (χ1n) is 7.44. The lowest BCUT2D eigenvalue weighted by Crippen LogP contribution is -2.31. The minimum Gasteiger partial charge on any atom is -0.353 e. The Morgan fingerprint density at radius 2 is 1.29 bits per heavy atom. The summed E-state index contributed by atoms with van der Waals surface area (Å²) in [5.74, 6) is 1.64. The zero-order valence-corrected chi connectivity index (χ0v) is 18.4. The number of hydrogen-bond donors (Lipinski definition) is 5. The summed E-state index contributed by atoms with van der Waals surface area (Å²) in [5, 5.41) is 2.70. The largest absolute Gasteiger partial charge is 0.353 e. The first-order chi connectivity index (χ1) is 10.8. The number of rotatable bonds is 4. The average molecular weight is 402 g/mol. The third-order valence-electron chi connectivity index (χ3n) is 1.36. The van der Waals surface area contributed by atoms with Crippen LogP contribution in [-0.2, 0) is 14.4 Å². The Morgan fingerprint density at radius 3 is 1.33 bits per heavy atom. The highest BCUT2D eigenvalue weighted by molar-refractivity contribution is 8.14. The first-order valence-corrected chi connectivity index (χ1v) is 9.58. The van der Waals surface area contributed by atoms with E-state index in [1.165, 1.54) is 27.7 Å². The Kier molecular flexibility index (Phi) is 29.9. The van der Waals surface area contributed by atoms with Gasteiger partial charge in [0, 0.05) is 37.4 Å². The molecule has 0 aliphatic heterocycles. The van der Waals surface area contributed by atoms with Gasteiger partial charge in [-0.05, 0) is 34.6 Å². The second kappa shape index (κ2) is 22.8. The summed E-state index contributed by atoms with van der Waals surface area (Å²) in [7, 11) is 0. The molecule has 6 nitrogen and oxygen atoms in total. The Balaban J connectivity index is -0.000000115. The lowest BCUT2D eigenvalue weighted by Gasteiger charge is -2.06. The molecule has 0 aromatic rings. The summed E-state index contributed by atoms with van der Waals surface area (Å²) in [6.07, 6.45) is 0. The molecule has 0 aliphatic rings. The standard InChI is InChI=1S/C5H11NOS.C4H9NOS.C3H9NS.C3H6O/c1-4(3-8)6-5(2)7;1-3(5)7-4(2)6;1-3(4)2-5;1-3(2)4/h4,8H,3H2,1-2H3,(H,6,7);3H,5H2,1-2H3;3,5H,2,4H2,1H3;1-2H3. The lowest BCUT2D eigenvalue weighted by atomic mass is 10.4. The van der Waals surface area contributed by atoms with E-state index >= 15 is 0 Å². The van der Waals surface area contributed by atoms with Gasteiger partial charge in [-0.3, -0.25) is 9.59 Å². The van der Waals surface area contributed by atoms with E-state index in [2.05, 4.69) is 30.6 Å². The summed E-state index contributed by atoms with van der Waals surface area (Å²) in [6, 6.07) is 0.439. The molecular formula is C15H35N3O3S3. The zero-order valence-electron chi connectivity index (χ0n) is 15.8. The number of carbonyl (C=O) groups is 3. The van der Waals surface area contributed by atoms with E-state index < -0.39 is 0 Å². The molecule has 0 aromatic heterocycles. The van der Waals surface area contributed by atoms with E-state index in [-0.39, 0.29) is 34.3 Å². The molecule has 3 unspecified atom stereocenters. The van der Waals surface area contributed by atoms with E-state index in [0.717, 1.165) is 17.5 Å². The quantitative estimate of drug-likeness (QED) is 0.363. The summed E-state index contributed by atoms with van der Waals surface area (Å²) in [4.78, 5) is 29.8. The minimum atomic E-state index is -0.0579. The van der Waals surface area contributed by atoms with Crippen LogP contribution < -0.4 is 16.8 Å². The van der Waals surface area contributed by atoms with Gasteiger partial charge < -0.3 is 21.6 Å². The summed E-state index contributed by atoms with van der Waals surface area (Å²) in [5.41, 5.74) is 10.5. The van der Waals surface area contributed by atoms with Crippen molar-refractivity contribution in [1.82, 2.24) is 5.32 Å². The van der Waals surface area contributed by atoms with E-state index in [0.29, 0.717) is 5.75 Å². The van der Waals surface area contributed by atoms with Gasteiger partial charge in [-0.2, -0.15) is 25.3 Å². The van der Waals surface area contributed by atoms with Gasteiger partial charge in [0.2, 0.25) is 5.91 Å². The third-order valence-corrected chi connectivity index (χ3v) is 3.19. The van der Waals surface area contributed by atoms with Crippen molar-refractivity contribution >= 4 is 53.8 Å². The van der Waals surface area contributed by atoms with Crippen LogP contribution in [0, 0.1) is 0 Å². The molecule has 0 aliphatic carbocycles. The van der Waals surface area contributed by atoms with Crippen molar-refractivity contribution in [2.45, 2.75) is 65.9 Å². The van der Waals surface area contributed by atoms with Crippen LogP contribution in [0.3, 0.4) is 0 Å². The smallest absolute Gasteiger partial charge is 0.217 e. The number of carbonyl (C=O) groups excluding carboxylic acids is 3. The third kappa shape index (κ3) is 67.8. The summed E-state index contributed by atoms with van der Waals surface area (Å²) < 4.78 is 0. The minimum absolute atomic E-state index is 0.00606. The van der Waals surface area contributed by atoms with Crippen molar-refractivity contribution in [2.75, 3.05) is 11.5 Å². The Labute approximate surface area is 162 Å². The van der Waals surface area contributed by atoms with Crippen LogP contribution in [0.5, 0.6) is 0 Å². The number of thioether (sulfide) groups is 1. The fourth-order valence-corrected chi connectivity index (χ4v) is 1.27. The molecule has 24 heavy (non-hydrogen) atoms. The Hall–Kier alpha value is -0.220. The molecule has 0 fully saturated rings. The van der Waals surface area contributed by atoms with Gasteiger partial charge in [0.05, 0.1) is 5.37 Å². The first kappa shape index (κ1) is 31.5. The fraction of sp³-hybridized carbons (Fsp3) is 0.800. The highest BCUT2D eigenvalue weighted by Gasteiger charge is 1.97.